The molecule has 0 aliphatic carbocycles. The van der Waals surface area contributed by atoms with Crippen molar-refractivity contribution < 1.29 is 9.47 Å². The fourth-order valence-corrected chi connectivity index (χ4v) is 1.37. The molecule has 17 heavy (non-hydrogen) atoms. The Bertz CT molecular complexity index is 483. The molecule has 0 saturated heterocycles. The third-order valence-corrected chi connectivity index (χ3v) is 2.18. The SMILES string of the molecule is CO/C(C#N)=C(/C(=N)N)c1ccc(OC)cc1. The Labute approximate surface area is 99.6 Å². The molecule has 1 aromatic carbocycles. The summed E-state index contributed by atoms with van der Waals surface area (Å²) in [5.41, 5.74) is 6.37. The number of nitrogens with zero attached hydrogens (tertiary/aromatic N) is 1. The normalized spacial score (nSPS) is 11.1. The first-order valence-corrected chi connectivity index (χ1v) is 4.81. The van der Waals surface area contributed by atoms with Crippen molar-refractivity contribution in [2.24, 2.45) is 5.73 Å². The van der Waals surface area contributed by atoms with E-state index in [1.54, 1.807) is 31.4 Å². The van der Waals surface area contributed by atoms with Gasteiger partial charge in [-0.25, -0.2) is 0 Å². The van der Waals surface area contributed by atoms with Gasteiger partial charge >= 0.3 is 0 Å². The van der Waals surface area contributed by atoms with Crippen LogP contribution >= 0.6 is 0 Å². The lowest BCUT2D eigenvalue weighted by atomic mass is 10.0. The van der Waals surface area contributed by atoms with E-state index in [0.717, 1.165) is 0 Å². The summed E-state index contributed by atoms with van der Waals surface area (Å²) in [5.74, 6) is 0.490. The fraction of sp³-hybridized carbons (Fsp3) is 0.167. The first-order chi connectivity index (χ1) is 8.13. The Morgan fingerprint density at radius 1 is 1.29 bits per heavy atom. The number of nitrogens with two attached hydrogens (primary N) is 1. The average molecular weight is 231 g/mol. The van der Waals surface area contributed by atoms with Crippen molar-refractivity contribution in [1.82, 2.24) is 0 Å². The van der Waals surface area contributed by atoms with Crippen LogP contribution in [0.5, 0.6) is 5.75 Å². The second-order valence-electron chi connectivity index (χ2n) is 3.16. The van der Waals surface area contributed by atoms with Crippen molar-refractivity contribution in [3.63, 3.8) is 0 Å². The van der Waals surface area contributed by atoms with Gasteiger partial charge in [-0.15, -0.1) is 0 Å². The maximum absolute atomic E-state index is 8.90. The lowest BCUT2D eigenvalue weighted by Crippen LogP contribution is -2.14. The lowest BCUT2D eigenvalue weighted by molar-refractivity contribution is 0.312. The van der Waals surface area contributed by atoms with E-state index >= 15 is 0 Å². The second-order valence-corrected chi connectivity index (χ2v) is 3.16. The quantitative estimate of drug-likeness (QED) is 0.355. The molecule has 5 nitrogen and oxygen atoms in total. The molecule has 0 aliphatic heterocycles. The number of rotatable bonds is 4. The van der Waals surface area contributed by atoms with Gasteiger partial charge in [0.05, 0.1) is 19.8 Å². The second kappa shape index (κ2) is 5.56. The van der Waals surface area contributed by atoms with Crippen LogP contribution in [0.2, 0.25) is 0 Å². The number of methoxy groups -OCH3 is 2. The van der Waals surface area contributed by atoms with Gasteiger partial charge in [0.25, 0.3) is 0 Å². The van der Waals surface area contributed by atoms with Crippen LogP contribution in [0.4, 0.5) is 0 Å². The molecular formula is C12H13N3O2. The topological polar surface area (TPSA) is 92.1 Å². The summed E-state index contributed by atoms with van der Waals surface area (Å²) in [6.45, 7) is 0. The van der Waals surface area contributed by atoms with Crippen LogP contribution in [0, 0.1) is 16.7 Å². The van der Waals surface area contributed by atoms with E-state index in [0.29, 0.717) is 11.3 Å². The standard InChI is InChI=1S/C12H13N3O2/c1-16-9-5-3-8(4-6-9)11(12(14)15)10(7-13)17-2/h3-6H,1-2H3,(H3,14,15)/b11-10+. The van der Waals surface area contributed by atoms with Crippen molar-refractivity contribution in [3.8, 4) is 11.8 Å². The van der Waals surface area contributed by atoms with Gasteiger partial charge in [0.2, 0.25) is 5.76 Å². The maximum Gasteiger partial charge on any atom is 0.208 e. The van der Waals surface area contributed by atoms with Gasteiger partial charge in [0, 0.05) is 0 Å². The van der Waals surface area contributed by atoms with Gasteiger partial charge in [-0.3, -0.25) is 5.41 Å². The predicted octanol–water partition coefficient (Wildman–Crippen LogP) is 1.51. The van der Waals surface area contributed by atoms with E-state index in [4.69, 9.17) is 25.9 Å². The van der Waals surface area contributed by atoms with E-state index in [1.807, 2.05) is 6.07 Å². The molecule has 0 aliphatic rings. The smallest absolute Gasteiger partial charge is 0.208 e. The van der Waals surface area contributed by atoms with Crippen LogP contribution in [0.15, 0.2) is 30.0 Å². The zero-order valence-corrected chi connectivity index (χ0v) is 9.65. The van der Waals surface area contributed by atoms with Crippen LogP contribution in [0.3, 0.4) is 0 Å². The molecule has 0 unspecified atom stereocenters. The zero-order chi connectivity index (χ0) is 12.8. The summed E-state index contributed by atoms with van der Waals surface area (Å²) in [6.07, 6.45) is 0. The van der Waals surface area contributed by atoms with Gasteiger partial charge in [-0.05, 0) is 17.7 Å². The van der Waals surface area contributed by atoms with Gasteiger partial charge < -0.3 is 15.2 Å². The van der Waals surface area contributed by atoms with E-state index in [9.17, 15) is 0 Å². The molecule has 0 radical (unpaired) electrons. The summed E-state index contributed by atoms with van der Waals surface area (Å²) < 4.78 is 9.93. The molecule has 3 N–H and O–H groups in total. The first kappa shape index (κ1) is 12.6. The van der Waals surface area contributed by atoms with Crippen LogP contribution in [0.25, 0.3) is 5.57 Å². The fourth-order valence-electron chi connectivity index (χ4n) is 1.37. The number of benzene rings is 1. The summed E-state index contributed by atoms with van der Waals surface area (Å²) >= 11 is 0. The molecule has 88 valence electrons. The number of nitrogens with one attached hydrogen (secondary N) is 1. The molecule has 0 aromatic heterocycles. The Kier molecular flexibility index (Phi) is 4.12. The van der Waals surface area contributed by atoms with E-state index in [1.165, 1.54) is 7.11 Å². The minimum Gasteiger partial charge on any atom is -0.497 e. The lowest BCUT2D eigenvalue weighted by Gasteiger charge is -2.09. The summed E-state index contributed by atoms with van der Waals surface area (Å²) in [7, 11) is 2.93. The maximum atomic E-state index is 8.90. The number of nitriles is 1. The average Bonchev–Trinajstić information content (AvgIpc) is 2.35. The summed E-state index contributed by atoms with van der Waals surface area (Å²) in [6, 6.07) is 8.74. The van der Waals surface area contributed by atoms with Crippen molar-refractivity contribution in [2.75, 3.05) is 14.2 Å². The van der Waals surface area contributed by atoms with Crippen LogP contribution < -0.4 is 10.5 Å². The summed E-state index contributed by atoms with van der Waals surface area (Å²) in [5, 5.41) is 16.4. The van der Waals surface area contributed by atoms with Gasteiger partial charge in [-0.1, -0.05) is 12.1 Å². The highest BCUT2D eigenvalue weighted by Crippen LogP contribution is 2.21. The monoisotopic (exact) mass is 231 g/mol. The van der Waals surface area contributed by atoms with Crippen molar-refractivity contribution in [2.45, 2.75) is 0 Å². The molecule has 0 spiro atoms. The molecule has 0 amide bonds. The number of allylic oxidation sites excluding steroid dienone is 1. The minimum absolute atomic E-state index is 0.0164. The van der Waals surface area contributed by atoms with Gasteiger partial charge in [0.15, 0.2) is 0 Å². The van der Waals surface area contributed by atoms with Crippen LogP contribution in [0.1, 0.15) is 5.56 Å². The van der Waals surface area contributed by atoms with E-state index < -0.39 is 0 Å². The molecule has 0 atom stereocenters. The Balaban J connectivity index is 3.29. The van der Waals surface area contributed by atoms with Crippen molar-refractivity contribution in [1.29, 1.82) is 10.7 Å². The molecule has 1 rings (SSSR count). The summed E-state index contributed by atoms with van der Waals surface area (Å²) in [4.78, 5) is 0. The highest BCUT2D eigenvalue weighted by molar-refractivity contribution is 6.21. The number of hydrogen-bond donors (Lipinski definition) is 2. The van der Waals surface area contributed by atoms with E-state index in [-0.39, 0.29) is 17.2 Å². The number of ether oxygens (including phenoxy) is 2. The molecule has 0 saturated carbocycles. The highest BCUT2D eigenvalue weighted by Gasteiger charge is 2.13. The largest absolute Gasteiger partial charge is 0.497 e. The molecule has 0 fully saturated rings. The van der Waals surface area contributed by atoms with Crippen molar-refractivity contribution >= 4 is 11.4 Å². The highest BCUT2D eigenvalue weighted by atomic mass is 16.5. The Morgan fingerprint density at radius 3 is 2.24 bits per heavy atom. The molecule has 5 heteroatoms. The third-order valence-electron chi connectivity index (χ3n) is 2.18. The van der Waals surface area contributed by atoms with Crippen LogP contribution in [-0.2, 0) is 4.74 Å². The number of hydrogen-bond acceptors (Lipinski definition) is 4. The number of amidine groups is 1. The molecular weight excluding hydrogens is 218 g/mol. The van der Waals surface area contributed by atoms with Crippen molar-refractivity contribution in [3.05, 3.63) is 35.6 Å². The Morgan fingerprint density at radius 2 is 1.88 bits per heavy atom. The van der Waals surface area contributed by atoms with Crippen LogP contribution in [-0.4, -0.2) is 20.1 Å². The molecule has 0 heterocycles. The first-order valence-electron chi connectivity index (χ1n) is 4.81. The zero-order valence-electron chi connectivity index (χ0n) is 9.65. The Hall–Kier alpha value is -2.48. The molecule has 1 aromatic rings. The third kappa shape index (κ3) is 2.75. The van der Waals surface area contributed by atoms with E-state index in [2.05, 4.69) is 0 Å². The molecule has 0 bridgehead atoms. The van der Waals surface area contributed by atoms with Gasteiger partial charge in [-0.2, -0.15) is 5.26 Å². The predicted molar refractivity (Wildman–Crippen MR) is 64.5 cm³/mol. The minimum atomic E-state index is -0.214. The van der Waals surface area contributed by atoms with Gasteiger partial charge in [0.1, 0.15) is 17.7 Å².